The van der Waals surface area contributed by atoms with Gasteiger partial charge in [-0.05, 0) is 17.5 Å². The summed E-state index contributed by atoms with van der Waals surface area (Å²) in [6, 6.07) is 8.24. The fourth-order valence-electron chi connectivity index (χ4n) is 1.03. The van der Waals surface area contributed by atoms with Crippen molar-refractivity contribution in [2.24, 2.45) is 0 Å². The molecular formula is C12H13Cl. The fraction of sp³-hybridized carbons (Fsp3) is 0.167. The minimum Gasteiger partial charge on any atom is -0.126 e. The molecule has 0 spiro atoms. The van der Waals surface area contributed by atoms with Crippen LogP contribution in [0.25, 0.3) is 12.2 Å². The molecule has 0 aliphatic rings. The molecule has 0 bridgehead atoms. The van der Waals surface area contributed by atoms with E-state index in [-0.39, 0.29) is 0 Å². The molecule has 0 N–H and O–H groups in total. The number of hydrogen-bond donors (Lipinski definition) is 0. The standard InChI is InChI=1S/C12H13Cl/c1-2-11-6-8-12(9-7-11)5-3-4-10-13/h2-3,5-9H,1,4,10H2. The van der Waals surface area contributed by atoms with Crippen molar-refractivity contribution in [3.05, 3.63) is 48.0 Å². The quantitative estimate of drug-likeness (QED) is 0.634. The molecule has 1 aromatic rings. The van der Waals surface area contributed by atoms with Crippen molar-refractivity contribution in [1.82, 2.24) is 0 Å². The zero-order valence-corrected chi connectivity index (χ0v) is 8.30. The zero-order valence-electron chi connectivity index (χ0n) is 7.54. The van der Waals surface area contributed by atoms with Gasteiger partial charge in [-0.2, -0.15) is 0 Å². The first-order chi connectivity index (χ1) is 6.36. The number of benzene rings is 1. The van der Waals surface area contributed by atoms with Crippen molar-refractivity contribution in [2.45, 2.75) is 6.42 Å². The average Bonchev–Trinajstić information content (AvgIpc) is 2.19. The Morgan fingerprint density at radius 1 is 1.15 bits per heavy atom. The highest BCUT2D eigenvalue weighted by molar-refractivity contribution is 6.17. The summed E-state index contributed by atoms with van der Waals surface area (Å²) in [5.74, 6) is 0.682. The molecular weight excluding hydrogens is 180 g/mol. The van der Waals surface area contributed by atoms with Crippen molar-refractivity contribution >= 4 is 23.8 Å². The molecule has 1 rings (SSSR count). The molecule has 0 heterocycles. The largest absolute Gasteiger partial charge is 0.126 e. The van der Waals surface area contributed by atoms with Gasteiger partial charge in [-0.25, -0.2) is 0 Å². The topological polar surface area (TPSA) is 0 Å². The van der Waals surface area contributed by atoms with Gasteiger partial charge in [0.25, 0.3) is 0 Å². The first kappa shape index (κ1) is 10.1. The van der Waals surface area contributed by atoms with Gasteiger partial charge in [-0.15, -0.1) is 11.6 Å². The molecule has 0 radical (unpaired) electrons. The third-order valence-corrected chi connectivity index (χ3v) is 1.98. The van der Waals surface area contributed by atoms with Crippen LogP contribution in [-0.2, 0) is 0 Å². The number of allylic oxidation sites excluding steroid dienone is 1. The van der Waals surface area contributed by atoms with E-state index in [1.165, 1.54) is 5.56 Å². The smallest absolute Gasteiger partial charge is 0.0258 e. The van der Waals surface area contributed by atoms with E-state index < -0.39 is 0 Å². The summed E-state index contributed by atoms with van der Waals surface area (Å²) in [4.78, 5) is 0. The first-order valence-electron chi connectivity index (χ1n) is 4.32. The van der Waals surface area contributed by atoms with Gasteiger partial charge in [0.2, 0.25) is 0 Å². The number of alkyl halides is 1. The second-order valence-electron chi connectivity index (χ2n) is 2.75. The predicted molar refractivity (Wildman–Crippen MR) is 60.9 cm³/mol. The van der Waals surface area contributed by atoms with Crippen molar-refractivity contribution in [3.63, 3.8) is 0 Å². The minimum atomic E-state index is 0.682. The Bertz CT molecular complexity index is 282. The van der Waals surface area contributed by atoms with Crippen molar-refractivity contribution < 1.29 is 0 Å². The highest BCUT2D eigenvalue weighted by atomic mass is 35.5. The summed E-state index contributed by atoms with van der Waals surface area (Å²) < 4.78 is 0. The SMILES string of the molecule is C=Cc1ccc(C=CCCCl)cc1. The molecule has 68 valence electrons. The summed E-state index contributed by atoms with van der Waals surface area (Å²) in [5, 5.41) is 0. The Morgan fingerprint density at radius 3 is 2.31 bits per heavy atom. The van der Waals surface area contributed by atoms with Gasteiger partial charge in [-0.3, -0.25) is 0 Å². The molecule has 0 nitrogen and oxygen atoms in total. The second kappa shape index (κ2) is 5.60. The summed E-state index contributed by atoms with van der Waals surface area (Å²) in [5.41, 5.74) is 2.35. The molecule has 0 saturated heterocycles. The van der Waals surface area contributed by atoms with Crippen molar-refractivity contribution in [2.75, 3.05) is 5.88 Å². The molecule has 0 aliphatic heterocycles. The third kappa shape index (κ3) is 3.47. The van der Waals surface area contributed by atoms with Crippen LogP contribution in [0.2, 0.25) is 0 Å². The first-order valence-corrected chi connectivity index (χ1v) is 4.85. The van der Waals surface area contributed by atoms with Crippen molar-refractivity contribution in [1.29, 1.82) is 0 Å². The molecule has 0 aromatic heterocycles. The zero-order chi connectivity index (χ0) is 9.52. The molecule has 0 aliphatic carbocycles. The van der Waals surface area contributed by atoms with Crippen LogP contribution in [0.5, 0.6) is 0 Å². The normalized spacial score (nSPS) is 10.5. The van der Waals surface area contributed by atoms with E-state index in [1.807, 2.05) is 18.2 Å². The van der Waals surface area contributed by atoms with Gasteiger partial charge in [0, 0.05) is 5.88 Å². The van der Waals surface area contributed by atoms with Crippen LogP contribution in [0.4, 0.5) is 0 Å². The molecule has 0 fully saturated rings. The Hall–Kier alpha value is -1.01. The third-order valence-electron chi connectivity index (χ3n) is 1.76. The van der Waals surface area contributed by atoms with E-state index in [1.54, 1.807) is 0 Å². The maximum atomic E-state index is 5.55. The Labute approximate surface area is 84.5 Å². The Morgan fingerprint density at radius 2 is 1.77 bits per heavy atom. The average molecular weight is 193 g/mol. The van der Waals surface area contributed by atoms with Gasteiger partial charge in [0.15, 0.2) is 0 Å². The van der Waals surface area contributed by atoms with Crippen molar-refractivity contribution in [3.8, 4) is 0 Å². The fourth-order valence-corrected chi connectivity index (χ4v) is 1.15. The van der Waals surface area contributed by atoms with Crippen LogP contribution in [-0.4, -0.2) is 5.88 Å². The van der Waals surface area contributed by atoms with E-state index in [0.29, 0.717) is 5.88 Å². The number of hydrogen-bond acceptors (Lipinski definition) is 0. The molecule has 0 saturated carbocycles. The molecule has 13 heavy (non-hydrogen) atoms. The minimum absolute atomic E-state index is 0.682. The lowest BCUT2D eigenvalue weighted by molar-refractivity contribution is 1.24. The summed E-state index contributed by atoms with van der Waals surface area (Å²) in [6.45, 7) is 3.70. The van der Waals surface area contributed by atoms with Crippen LogP contribution in [0, 0.1) is 0 Å². The predicted octanol–water partition coefficient (Wildman–Crippen LogP) is 3.97. The molecule has 0 amide bonds. The van der Waals surface area contributed by atoms with Crippen LogP contribution < -0.4 is 0 Å². The Balaban J connectivity index is 2.63. The maximum Gasteiger partial charge on any atom is 0.0258 e. The molecule has 1 heteroatoms. The maximum absolute atomic E-state index is 5.55. The van der Waals surface area contributed by atoms with Gasteiger partial charge in [0.1, 0.15) is 0 Å². The van der Waals surface area contributed by atoms with E-state index in [4.69, 9.17) is 11.6 Å². The highest BCUT2D eigenvalue weighted by Crippen LogP contribution is 2.07. The van der Waals surface area contributed by atoms with E-state index in [2.05, 4.69) is 30.9 Å². The molecule has 0 unspecified atom stereocenters. The summed E-state index contributed by atoms with van der Waals surface area (Å²) in [7, 11) is 0. The van der Waals surface area contributed by atoms with Crippen LogP contribution >= 0.6 is 11.6 Å². The lowest BCUT2D eigenvalue weighted by Gasteiger charge is -1.94. The van der Waals surface area contributed by atoms with Gasteiger partial charge in [-0.1, -0.05) is 49.1 Å². The summed E-state index contributed by atoms with van der Waals surface area (Å²) in [6.07, 6.45) is 6.92. The molecule has 0 atom stereocenters. The van der Waals surface area contributed by atoms with E-state index in [9.17, 15) is 0 Å². The number of rotatable bonds is 4. The lowest BCUT2D eigenvalue weighted by Crippen LogP contribution is -1.74. The van der Waals surface area contributed by atoms with Crippen LogP contribution in [0.1, 0.15) is 17.5 Å². The van der Waals surface area contributed by atoms with Gasteiger partial charge < -0.3 is 0 Å². The van der Waals surface area contributed by atoms with E-state index >= 15 is 0 Å². The monoisotopic (exact) mass is 192 g/mol. The van der Waals surface area contributed by atoms with Gasteiger partial charge >= 0.3 is 0 Å². The molecule has 1 aromatic carbocycles. The lowest BCUT2D eigenvalue weighted by atomic mass is 10.1. The summed E-state index contributed by atoms with van der Waals surface area (Å²) >= 11 is 5.55. The van der Waals surface area contributed by atoms with Gasteiger partial charge in [0.05, 0.1) is 0 Å². The Kier molecular flexibility index (Phi) is 4.34. The second-order valence-corrected chi connectivity index (χ2v) is 3.13. The van der Waals surface area contributed by atoms with E-state index in [0.717, 1.165) is 12.0 Å². The highest BCUT2D eigenvalue weighted by Gasteiger charge is 1.86. The number of halogens is 1. The van der Waals surface area contributed by atoms with Crippen LogP contribution in [0.3, 0.4) is 0 Å². The van der Waals surface area contributed by atoms with Crippen LogP contribution in [0.15, 0.2) is 36.9 Å².